The van der Waals surface area contributed by atoms with Gasteiger partial charge in [0, 0.05) is 19.7 Å². The molecule has 6 heteroatoms. The highest BCUT2D eigenvalue weighted by atomic mass is 16.5. The summed E-state index contributed by atoms with van der Waals surface area (Å²) in [5.74, 6) is -1.99. The molecule has 1 aromatic heterocycles. The molecule has 0 amide bonds. The Morgan fingerprint density at radius 1 is 1.62 bits per heavy atom. The Kier molecular flexibility index (Phi) is 3.31. The van der Waals surface area contributed by atoms with E-state index in [1.165, 1.54) is 14.0 Å². The summed E-state index contributed by atoms with van der Waals surface area (Å²) >= 11 is 0. The van der Waals surface area contributed by atoms with Gasteiger partial charge in [0.05, 0.1) is 12.8 Å². The minimum atomic E-state index is -1.59. The Balaban J connectivity index is 2.96. The summed E-state index contributed by atoms with van der Waals surface area (Å²) in [6.45, 7) is 1.33. The number of hydrogen-bond donors (Lipinski definition) is 1. The average Bonchev–Trinajstić information content (AvgIpc) is 2.62. The molecule has 0 saturated heterocycles. The summed E-state index contributed by atoms with van der Waals surface area (Å²) in [6, 6.07) is 1.67. The molecule has 0 fully saturated rings. The lowest BCUT2D eigenvalue weighted by Gasteiger charge is -2.20. The van der Waals surface area contributed by atoms with Gasteiger partial charge in [-0.2, -0.15) is 5.10 Å². The van der Waals surface area contributed by atoms with Gasteiger partial charge in [-0.25, -0.2) is 0 Å². The van der Waals surface area contributed by atoms with Crippen LogP contribution in [0.5, 0.6) is 0 Å². The first-order valence-corrected chi connectivity index (χ1v) is 4.70. The van der Waals surface area contributed by atoms with Crippen LogP contribution in [-0.2, 0) is 27.8 Å². The lowest BCUT2D eigenvalue weighted by atomic mass is 9.85. The quantitative estimate of drug-likeness (QED) is 0.587. The van der Waals surface area contributed by atoms with Crippen LogP contribution in [0, 0.1) is 5.41 Å². The molecule has 0 bridgehead atoms. The monoisotopic (exact) mass is 226 g/mol. The summed E-state index contributed by atoms with van der Waals surface area (Å²) in [5, 5.41) is 13.1. The second-order valence-corrected chi connectivity index (χ2v) is 3.79. The van der Waals surface area contributed by atoms with Gasteiger partial charge in [0.15, 0.2) is 5.41 Å². The van der Waals surface area contributed by atoms with Gasteiger partial charge in [-0.15, -0.1) is 0 Å². The molecular weight excluding hydrogens is 212 g/mol. The number of carboxylic acids is 1. The third-order valence-electron chi connectivity index (χ3n) is 2.41. The molecule has 1 aromatic rings. The maximum absolute atomic E-state index is 11.4. The Morgan fingerprint density at radius 2 is 2.25 bits per heavy atom. The van der Waals surface area contributed by atoms with Gasteiger partial charge in [0.2, 0.25) is 0 Å². The molecule has 0 spiro atoms. The van der Waals surface area contributed by atoms with Crippen LogP contribution in [0.3, 0.4) is 0 Å². The maximum atomic E-state index is 11.4. The van der Waals surface area contributed by atoms with Crippen LogP contribution in [-0.4, -0.2) is 33.9 Å². The summed E-state index contributed by atoms with van der Waals surface area (Å²) in [7, 11) is 2.89. The molecule has 0 aromatic carbocycles. The number of carbonyl (C=O) groups is 2. The number of esters is 1. The zero-order valence-corrected chi connectivity index (χ0v) is 9.43. The van der Waals surface area contributed by atoms with E-state index in [9.17, 15) is 9.59 Å². The van der Waals surface area contributed by atoms with Crippen molar-refractivity contribution in [3.63, 3.8) is 0 Å². The molecule has 0 radical (unpaired) electrons. The second kappa shape index (κ2) is 4.34. The Labute approximate surface area is 92.8 Å². The zero-order valence-electron chi connectivity index (χ0n) is 9.43. The van der Waals surface area contributed by atoms with E-state index in [1.807, 2.05) is 0 Å². The molecule has 16 heavy (non-hydrogen) atoms. The SMILES string of the molecule is COC(=O)C(C)(Cc1ccn(C)n1)C(=O)O. The van der Waals surface area contributed by atoms with Crippen LogP contribution in [0.25, 0.3) is 0 Å². The number of aryl methyl sites for hydroxylation is 1. The number of methoxy groups -OCH3 is 1. The molecular formula is C10H14N2O4. The summed E-state index contributed by atoms with van der Waals surface area (Å²) in [4.78, 5) is 22.5. The molecule has 1 rings (SSSR count). The normalized spacial score (nSPS) is 14.2. The van der Waals surface area contributed by atoms with E-state index in [0.29, 0.717) is 5.69 Å². The lowest BCUT2D eigenvalue weighted by molar-refractivity contribution is -0.165. The van der Waals surface area contributed by atoms with Gasteiger partial charge < -0.3 is 9.84 Å². The fraction of sp³-hybridized carbons (Fsp3) is 0.500. The smallest absolute Gasteiger partial charge is 0.323 e. The number of carbonyl (C=O) groups excluding carboxylic acids is 1. The van der Waals surface area contributed by atoms with Crippen molar-refractivity contribution < 1.29 is 19.4 Å². The Morgan fingerprint density at radius 3 is 2.62 bits per heavy atom. The number of carboxylic acid groups (broad SMARTS) is 1. The van der Waals surface area contributed by atoms with Gasteiger partial charge in [-0.1, -0.05) is 0 Å². The summed E-state index contributed by atoms with van der Waals surface area (Å²) in [5.41, 5.74) is -1.05. The minimum absolute atomic E-state index is 0.00977. The van der Waals surface area contributed by atoms with Crippen molar-refractivity contribution in [2.45, 2.75) is 13.3 Å². The van der Waals surface area contributed by atoms with Crippen LogP contribution in [0.2, 0.25) is 0 Å². The topological polar surface area (TPSA) is 81.4 Å². The van der Waals surface area contributed by atoms with Crippen LogP contribution in [0.15, 0.2) is 12.3 Å². The van der Waals surface area contributed by atoms with E-state index >= 15 is 0 Å². The lowest BCUT2D eigenvalue weighted by Crippen LogP contribution is -2.39. The third kappa shape index (κ3) is 2.21. The second-order valence-electron chi connectivity index (χ2n) is 3.79. The first kappa shape index (κ1) is 12.2. The van der Waals surface area contributed by atoms with E-state index in [1.54, 1.807) is 24.0 Å². The Hall–Kier alpha value is -1.85. The van der Waals surface area contributed by atoms with Crippen molar-refractivity contribution in [2.75, 3.05) is 7.11 Å². The van der Waals surface area contributed by atoms with Gasteiger partial charge in [-0.05, 0) is 13.0 Å². The minimum Gasteiger partial charge on any atom is -0.480 e. The predicted octanol–water partition coefficient (Wildman–Crippen LogP) is 0.226. The molecule has 1 unspecified atom stereocenters. The fourth-order valence-electron chi connectivity index (χ4n) is 1.38. The predicted molar refractivity (Wildman–Crippen MR) is 54.7 cm³/mol. The van der Waals surface area contributed by atoms with Gasteiger partial charge in [0.1, 0.15) is 0 Å². The van der Waals surface area contributed by atoms with Crippen LogP contribution in [0.1, 0.15) is 12.6 Å². The highest BCUT2D eigenvalue weighted by Crippen LogP contribution is 2.23. The number of hydrogen-bond acceptors (Lipinski definition) is 4. The molecule has 0 aliphatic carbocycles. The molecule has 88 valence electrons. The number of aromatic nitrogens is 2. The molecule has 0 aliphatic heterocycles. The summed E-state index contributed by atoms with van der Waals surface area (Å²) < 4.78 is 6.05. The highest BCUT2D eigenvalue weighted by Gasteiger charge is 2.43. The van der Waals surface area contributed by atoms with Crippen molar-refractivity contribution in [3.8, 4) is 0 Å². The van der Waals surface area contributed by atoms with E-state index in [2.05, 4.69) is 9.84 Å². The number of ether oxygens (including phenoxy) is 1. The molecule has 1 heterocycles. The van der Waals surface area contributed by atoms with E-state index < -0.39 is 17.4 Å². The van der Waals surface area contributed by atoms with Crippen molar-refractivity contribution in [3.05, 3.63) is 18.0 Å². The number of nitrogens with zero attached hydrogens (tertiary/aromatic N) is 2. The van der Waals surface area contributed by atoms with Crippen LogP contribution >= 0.6 is 0 Å². The molecule has 0 saturated carbocycles. The zero-order chi connectivity index (χ0) is 12.3. The van der Waals surface area contributed by atoms with Crippen molar-refractivity contribution in [1.82, 2.24) is 9.78 Å². The number of rotatable bonds is 4. The number of aliphatic carboxylic acids is 1. The maximum Gasteiger partial charge on any atom is 0.323 e. The van der Waals surface area contributed by atoms with E-state index in [-0.39, 0.29) is 6.42 Å². The third-order valence-corrected chi connectivity index (χ3v) is 2.41. The standard InChI is InChI=1S/C10H14N2O4/c1-10(8(13)14,9(15)16-3)6-7-4-5-12(2)11-7/h4-5H,6H2,1-3H3,(H,13,14). The first-order chi connectivity index (χ1) is 7.40. The van der Waals surface area contributed by atoms with Crippen molar-refractivity contribution in [2.24, 2.45) is 12.5 Å². The van der Waals surface area contributed by atoms with Gasteiger partial charge in [0.25, 0.3) is 0 Å². The van der Waals surface area contributed by atoms with Gasteiger partial charge in [-0.3, -0.25) is 14.3 Å². The summed E-state index contributed by atoms with van der Waals surface area (Å²) in [6.07, 6.45) is 1.70. The molecule has 6 nitrogen and oxygen atoms in total. The molecule has 1 N–H and O–H groups in total. The first-order valence-electron chi connectivity index (χ1n) is 4.70. The van der Waals surface area contributed by atoms with Crippen molar-refractivity contribution in [1.29, 1.82) is 0 Å². The average molecular weight is 226 g/mol. The molecule has 1 atom stereocenters. The van der Waals surface area contributed by atoms with E-state index in [0.717, 1.165) is 0 Å². The van der Waals surface area contributed by atoms with E-state index in [4.69, 9.17) is 5.11 Å². The highest BCUT2D eigenvalue weighted by molar-refractivity contribution is 5.98. The van der Waals surface area contributed by atoms with Crippen LogP contribution < -0.4 is 0 Å². The van der Waals surface area contributed by atoms with Crippen molar-refractivity contribution >= 4 is 11.9 Å². The largest absolute Gasteiger partial charge is 0.480 e. The van der Waals surface area contributed by atoms with Gasteiger partial charge >= 0.3 is 11.9 Å². The Bertz CT molecular complexity index is 413. The molecule has 0 aliphatic rings. The fourth-order valence-corrected chi connectivity index (χ4v) is 1.38. The van der Waals surface area contributed by atoms with Crippen LogP contribution in [0.4, 0.5) is 0 Å².